The van der Waals surface area contributed by atoms with Gasteiger partial charge in [-0.05, 0) is 62.3 Å². The van der Waals surface area contributed by atoms with Crippen molar-refractivity contribution in [3.05, 3.63) is 121 Å². The lowest BCUT2D eigenvalue weighted by atomic mass is 10.1. The summed E-state index contributed by atoms with van der Waals surface area (Å²) in [5.41, 5.74) is 4.47. The molecule has 5 aromatic rings. The quantitative estimate of drug-likeness (QED) is 0.253. The second-order valence-electron chi connectivity index (χ2n) is 9.60. The van der Waals surface area contributed by atoms with Gasteiger partial charge in [-0.15, -0.1) is 11.3 Å². The highest BCUT2D eigenvalue weighted by molar-refractivity contribution is 7.19. The van der Waals surface area contributed by atoms with Gasteiger partial charge in [-0.25, -0.2) is 0 Å². The molecule has 42 heavy (non-hydrogen) atoms. The molecule has 0 bridgehead atoms. The average molecular weight is 659 g/mol. The number of hydrogen-bond acceptors (Lipinski definition) is 5. The van der Waals surface area contributed by atoms with Crippen LogP contribution in [0.15, 0.2) is 95.6 Å². The van der Waals surface area contributed by atoms with Gasteiger partial charge in [0.25, 0.3) is 10.6 Å². The molecule has 0 spiro atoms. The first-order valence-corrected chi connectivity index (χ1v) is 15.6. The van der Waals surface area contributed by atoms with E-state index in [1.54, 1.807) is 11.3 Å². The third-order valence-electron chi connectivity index (χ3n) is 7.20. The van der Waals surface area contributed by atoms with Crippen molar-refractivity contribution in [2.45, 2.75) is 33.9 Å². The summed E-state index contributed by atoms with van der Waals surface area (Å²) in [6, 6.07) is 26.9. The van der Waals surface area contributed by atoms with Gasteiger partial charge in [0.05, 0.1) is 14.9 Å². The molecule has 1 aliphatic rings. The molecule has 0 saturated carbocycles. The fraction of sp³-hybridized carbons (Fsp3) is 0.176. The van der Waals surface area contributed by atoms with Crippen molar-refractivity contribution >= 4 is 62.4 Å². The topological polar surface area (TPSA) is 38.4 Å². The molecule has 0 N–H and O–H groups in total. The van der Waals surface area contributed by atoms with E-state index in [4.69, 9.17) is 4.74 Å². The fourth-order valence-corrected chi connectivity index (χ4v) is 7.44. The van der Waals surface area contributed by atoms with Gasteiger partial charge in [0.1, 0.15) is 11.2 Å². The van der Waals surface area contributed by atoms with Crippen molar-refractivity contribution in [3.8, 4) is 5.75 Å². The largest absolute Gasteiger partial charge is 1.00 e. The number of halogens is 1. The number of para-hydroxylation sites is 3. The van der Waals surface area contributed by atoms with Gasteiger partial charge in [0.2, 0.25) is 11.4 Å². The van der Waals surface area contributed by atoms with Crippen molar-refractivity contribution in [2.24, 2.45) is 0 Å². The van der Waals surface area contributed by atoms with E-state index in [1.807, 2.05) is 47.9 Å². The maximum atomic E-state index is 13.5. The number of rotatable bonds is 7. The van der Waals surface area contributed by atoms with E-state index >= 15 is 0 Å². The minimum atomic E-state index is 0. The average Bonchev–Trinajstić information content (AvgIpc) is 3.65. The van der Waals surface area contributed by atoms with Crippen LogP contribution in [0.5, 0.6) is 5.75 Å². The number of allylic oxidation sites excluding steroid dienone is 2. The molecular weight excluding hydrogens is 626 g/mol. The molecule has 0 amide bonds. The van der Waals surface area contributed by atoms with Gasteiger partial charge in [0, 0.05) is 31.3 Å². The molecule has 0 unspecified atom stereocenters. The third kappa shape index (κ3) is 5.67. The highest BCUT2D eigenvalue weighted by Crippen LogP contribution is 2.38. The zero-order valence-electron chi connectivity index (χ0n) is 23.8. The molecule has 3 aromatic carbocycles. The minimum Gasteiger partial charge on any atom is -1.00 e. The normalized spacial score (nSPS) is 14.9. The Morgan fingerprint density at radius 1 is 0.881 bits per heavy atom. The van der Waals surface area contributed by atoms with Crippen LogP contribution in [0, 0.1) is 0 Å². The van der Waals surface area contributed by atoms with Gasteiger partial charge in [-0.2, -0.15) is 4.57 Å². The predicted octanol–water partition coefficient (Wildman–Crippen LogP) is 3.02. The second-order valence-corrected chi connectivity index (χ2v) is 11.7. The lowest BCUT2D eigenvalue weighted by molar-refractivity contribution is -0.665. The first kappa shape index (κ1) is 29.8. The lowest BCUT2D eigenvalue weighted by Crippen LogP contribution is -3.00. The van der Waals surface area contributed by atoms with E-state index in [0.29, 0.717) is 11.1 Å². The summed E-state index contributed by atoms with van der Waals surface area (Å²) in [5.74, 6) is 1.57. The van der Waals surface area contributed by atoms with Gasteiger partial charge in [-0.3, -0.25) is 9.36 Å². The molecule has 0 atom stereocenters. The van der Waals surface area contributed by atoms with Gasteiger partial charge >= 0.3 is 0 Å². The van der Waals surface area contributed by atoms with Crippen molar-refractivity contribution in [1.82, 2.24) is 4.57 Å². The number of ether oxygens (including phenoxy) is 1. The van der Waals surface area contributed by atoms with E-state index in [2.05, 4.69) is 90.1 Å². The van der Waals surface area contributed by atoms with Crippen molar-refractivity contribution in [2.75, 3.05) is 11.4 Å². The number of nitrogens with zero attached hydrogens (tertiary/aromatic N) is 3. The summed E-state index contributed by atoms with van der Waals surface area (Å²) in [7, 11) is 0. The molecule has 2 aromatic heterocycles. The molecule has 0 saturated heterocycles. The summed E-state index contributed by atoms with van der Waals surface area (Å²) in [6.45, 7) is 8.54. The monoisotopic (exact) mass is 657 g/mol. The Kier molecular flexibility index (Phi) is 9.26. The molecule has 8 heteroatoms. The Bertz CT molecular complexity index is 1970. The van der Waals surface area contributed by atoms with E-state index in [0.717, 1.165) is 46.2 Å². The number of aryl methyl sites for hydroxylation is 1. The number of hydrogen-bond donors (Lipinski definition) is 0. The number of anilines is 1. The van der Waals surface area contributed by atoms with E-state index in [1.165, 1.54) is 26.6 Å². The first-order valence-electron chi connectivity index (χ1n) is 14.0. The van der Waals surface area contributed by atoms with Crippen molar-refractivity contribution in [3.63, 3.8) is 0 Å². The van der Waals surface area contributed by atoms with Crippen molar-refractivity contribution in [1.29, 1.82) is 0 Å². The molecule has 1 aliphatic heterocycles. The summed E-state index contributed by atoms with van der Waals surface area (Å²) in [5, 5.41) is 1.18. The van der Waals surface area contributed by atoms with E-state index in [9.17, 15) is 4.79 Å². The van der Waals surface area contributed by atoms with Gasteiger partial charge in [0.15, 0.2) is 5.75 Å². The summed E-state index contributed by atoms with van der Waals surface area (Å²) in [4.78, 5) is 15.6. The number of benzene rings is 3. The highest BCUT2D eigenvalue weighted by Gasteiger charge is 2.24. The van der Waals surface area contributed by atoms with Crippen LogP contribution in [0.4, 0.5) is 5.69 Å². The van der Waals surface area contributed by atoms with Crippen LogP contribution in [0.3, 0.4) is 0 Å². The molecule has 0 radical (unpaired) electrons. The Balaban J connectivity index is 0.00000353. The second kappa shape index (κ2) is 13.1. The lowest BCUT2D eigenvalue weighted by Gasteiger charge is -2.14. The summed E-state index contributed by atoms with van der Waals surface area (Å²) in [6.07, 6.45) is 8.21. The Labute approximate surface area is 264 Å². The number of fused-ring (bicyclic) bond motifs is 2. The third-order valence-corrected chi connectivity index (χ3v) is 9.39. The van der Waals surface area contributed by atoms with Gasteiger partial charge in [-0.1, -0.05) is 65.9 Å². The molecule has 0 aliphatic carbocycles. The summed E-state index contributed by atoms with van der Waals surface area (Å²) < 4.78 is 13.2. The molecule has 6 rings (SSSR count). The molecule has 0 fully saturated rings. The number of thiazole rings is 2. The van der Waals surface area contributed by atoms with Crippen molar-refractivity contribution < 1.29 is 26.3 Å². The maximum absolute atomic E-state index is 13.5. The Morgan fingerprint density at radius 2 is 1.62 bits per heavy atom. The highest BCUT2D eigenvalue weighted by atomic mass is 79.9. The van der Waals surface area contributed by atoms with Crippen LogP contribution in [-0.2, 0) is 13.1 Å². The predicted molar refractivity (Wildman–Crippen MR) is 173 cm³/mol. The van der Waals surface area contributed by atoms with E-state index in [-0.39, 0.29) is 22.5 Å². The van der Waals surface area contributed by atoms with Crippen LogP contribution in [0.2, 0.25) is 0 Å². The Hall–Kier alpha value is -3.72. The minimum absolute atomic E-state index is 0. The fourth-order valence-electron chi connectivity index (χ4n) is 5.20. The molecule has 214 valence electrons. The Morgan fingerprint density at radius 3 is 2.38 bits per heavy atom. The zero-order valence-corrected chi connectivity index (χ0v) is 27.0. The standard InChI is InChI=1S/C34H32N3O2S2.BrH/c1-4-35-26-16-10-12-18-28(26)39-31(35)21-20-30-34(38)37(6-3)33(41-30)23-25(24-14-8-7-9-15-24)22-32-36(5-2)27-17-11-13-19-29(27)40-32;/h7-23H,4-6H2,1-3H3;1H/q+1;/p-1/b30-20-,31-21+;. The SMILES string of the molecule is CCN1/C(=C\C=c2/sc(=CC(=Cc3sc4ccccc4[n+]3CC)c3ccccc3)n(CC)c2=O)Oc2ccccc21.[Br-]. The van der Waals surface area contributed by atoms with Crippen LogP contribution in [0.25, 0.3) is 34.0 Å². The molecule has 3 heterocycles. The van der Waals surface area contributed by atoms with E-state index < -0.39 is 0 Å². The van der Waals surface area contributed by atoms with Crippen LogP contribution >= 0.6 is 22.7 Å². The number of aromatic nitrogens is 2. The molecule has 5 nitrogen and oxygen atoms in total. The van der Waals surface area contributed by atoms with Gasteiger partial charge < -0.3 is 26.6 Å². The first-order chi connectivity index (χ1) is 20.1. The smallest absolute Gasteiger partial charge is 0.269 e. The van der Waals surface area contributed by atoms with Crippen LogP contribution in [0.1, 0.15) is 31.3 Å². The zero-order chi connectivity index (χ0) is 28.3. The molecular formula is C34H32BrN3O2S2. The van der Waals surface area contributed by atoms with Crippen LogP contribution in [-0.4, -0.2) is 11.1 Å². The maximum Gasteiger partial charge on any atom is 0.269 e. The van der Waals surface area contributed by atoms with Crippen LogP contribution < -0.4 is 45.9 Å². The summed E-state index contributed by atoms with van der Waals surface area (Å²) >= 11 is 3.30.